The Hall–Kier alpha value is -1.88. The van der Waals surface area contributed by atoms with E-state index in [4.69, 9.17) is 4.52 Å². The molecule has 0 saturated heterocycles. The van der Waals surface area contributed by atoms with E-state index in [1.807, 2.05) is 0 Å². The number of carbonyl (C=O) groups is 4. The lowest BCUT2D eigenvalue weighted by atomic mass is 10.2. The van der Waals surface area contributed by atoms with Crippen LogP contribution in [0.15, 0.2) is 10.7 Å². The summed E-state index contributed by atoms with van der Waals surface area (Å²) in [6.45, 7) is 6.30. The third-order valence-electron chi connectivity index (χ3n) is 3.27. The molecule has 1 rings (SSSR count). The Bertz CT molecular complexity index is 679. The highest BCUT2D eigenvalue weighted by molar-refractivity contribution is 8.13. The maximum absolute atomic E-state index is 12.3. The summed E-state index contributed by atoms with van der Waals surface area (Å²) >= 11 is 2.15. The molecule has 1 aromatic heterocycles. The summed E-state index contributed by atoms with van der Waals surface area (Å²) in [5, 5.41) is 7.38. The fourth-order valence-corrected chi connectivity index (χ4v) is 2.99. The van der Waals surface area contributed by atoms with E-state index in [1.165, 1.54) is 36.9 Å². The predicted octanol–water partition coefficient (Wildman–Crippen LogP) is 0.827. The number of carbonyl (C=O) groups excluding carboxylic acids is 4. The first-order chi connectivity index (χ1) is 12.1. The molecule has 0 aliphatic heterocycles. The normalized spacial score (nSPS) is 13.0. The summed E-state index contributed by atoms with van der Waals surface area (Å²) in [6, 6.07) is 0. The number of hydrogen-bond acceptors (Lipinski definition) is 8. The number of anilines is 1. The molecule has 0 unspecified atom stereocenters. The van der Waals surface area contributed by atoms with Gasteiger partial charge in [-0.15, -0.1) is 0 Å². The second kappa shape index (κ2) is 10.3. The smallest absolute Gasteiger partial charge is 0.289 e. The quantitative estimate of drug-likeness (QED) is 0.635. The molecule has 0 aromatic carbocycles. The van der Waals surface area contributed by atoms with Crippen LogP contribution in [0.1, 0.15) is 27.7 Å². The Balaban J connectivity index is 2.62. The van der Waals surface area contributed by atoms with Crippen LogP contribution in [0.25, 0.3) is 0 Å². The molecule has 0 radical (unpaired) electrons. The molecule has 2 amide bonds. The molecule has 2 atom stereocenters. The number of amides is 2. The monoisotopic (exact) mass is 403 g/mol. The van der Waals surface area contributed by atoms with Crippen molar-refractivity contribution in [2.45, 2.75) is 27.7 Å². The van der Waals surface area contributed by atoms with Gasteiger partial charge in [-0.1, -0.05) is 42.4 Å². The average Bonchev–Trinajstić information content (AvgIpc) is 3.04. The van der Waals surface area contributed by atoms with Crippen LogP contribution in [-0.2, 0) is 19.2 Å². The molecule has 0 saturated carbocycles. The van der Waals surface area contributed by atoms with Gasteiger partial charge in [0, 0.05) is 31.3 Å². The molecule has 26 heavy (non-hydrogen) atoms. The van der Waals surface area contributed by atoms with E-state index in [1.54, 1.807) is 13.8 Å². The van der Waals surface area contributed by atoms with Crippen molar-refractivity contribution < 1.29 is 28.5 Å². The second-order valence-electron chi connectivity index (χ2n) is 5.75. The van der Waals surface area contributed by atoms with E-state index < -0.39 is 5.92 Å². The molecule has 0 spiro atoms. The van der Waals surface area contributed by atoms with Crippen LogP contribution < -0.4 is 15.1 Å². The van der Waals surface area contributed by atoms with Crippen LogP contribution in [-0.4, -0.2) is 45.9 Å². The number of hydrogen-bond donors (Lipinski definition) is 1. The molecule has 0 aliphatic rings. The molecule has 9 nitrogen and oxygen atoms in total. The van der Waals surface area contributed by atoms with Crippen molar-refractivity contribution in [3.63, 3.8) is 0 Å². The fraction of sp³-hybridized carbons (Fsp3) is 0.600. The first-order valence-corrected chi connectivity index (χ1v) is 9.83. The van der Waals surface area contributed by atoms with Gasteiger partial charge in [0.1, 0.15) is 0 Å². The van der Waals surface area contributed by atoms with E-state index in [9.17, 15) is 19.2 Å². The highest BCUT2D eigenvalue weighted by atomic mass is 32.2. The van der Waals surface area contributed by atoms with Crippen molar-refractivity contribution in [1.29, 1.82) is 0 Å². The molecule has 1 heterocycles. The van der Waals surface area contributed by atoms with Gasteiger partial charge < -0.3 is 0 Å². The summed E-state index contributed by atoms with van der Waals surface area (Å²) < 4.78 is 5.01. The summed E-state index contributed by atoms with van der Waals surface area (Å²) in [5.41, 5.74) is 0. The van der Waals surface area contributed by atoms with Gasteiger partial charge >= 0.3 is 5.88 Å². The zero-order valence-corrected chi connectivity index (χ0v) is 17.0. The zero-order valence-electron chi connectivity index (χ0n) is 15.3. The number of thioether (sulfide) groups is 2. The highest BCUT2D eigenvalue weighted by Crippen LogP contribution is 2.12. The van der Waals surface area contributed by atoms with E-state index in [0.717, 1.165) is 23.5 Å². The largest absolute Gasteiger partial charge is 0.305 e. The van der Waals surface area contributed by atoms with Crippen molar-refractivity contribution in [1.82, 2.24) is 5.27 Å². The highest BCUT2D eigenvalue weighted by Gasteiger charge is 2.28. The maximum Gasteiger partial charge on any atom is 0.305 e. The lowest BCUT2D eigenvalue weighted by Crippen LogP contribution is -2.61. The lowest BCUT2D eigenvalue weighted by molar-refractivity contribution is -0.747. The molecule has 0 aliphatic carbocycles. The van der Waals surface area contributed by atoms with Crippen LogP contribution in [0.4, 0.5) is 5.88 Å². The number of aromatic nitrogens is 2. The molecule has 144 valence electrons. The molecular weight excluding hydrogens is 380 g/mol. The van der Waals surface area contributed by atoms with E-state index >= 15 is 0 Å². The van der Waals surface area contributed by atoms with E-state index in [0.29, 0.717) is 11.5 Å². The second-order valence-corrected chi connectivity index (χ2v) is 8.14. The Morgan fingerprint density at radius 2 is 1.69 bits per heavy atom. The third-order valence-corrected chi connectivity index (χ3v) is 5.42. The van der Waals surface area contributed by atoms with E-state index in [-0.39, 0.29) is 33.8 Å². The minimum atomic E-state index is -0.398. The summed E-state index contributed by atoms with van der Waals surface area (Å²) in [7, 11) is 1.51. The van der Waals surface area contributed by atoms with Crippen LogP contribution >= 0.6 is 23.5 Å². The van der Waals surface area contributed by atoms with Gasteiger partial charge in [-0.25, -0.2) is 0 Å². The molecule has 1 N–H and O–H groups in total. The number of nitrogens with one attached hydrogen (secondary N) is 1. The predicted molar refractivity (Wildman–Crippen MR) is 99.1 cm³/mol. The van der Waals surface area contributed by atoms with Gasteiger partial charge in [0.2, 0.25) is 11.2 Å². The van der Waals surface area contributed by atoms with Crippen LogP contribution in [0.2, 0.25) is 0 Å². The minimum absolute atomic E-state index is 0.0524. The zero-order chi connectivity index (χ0) is 19.9. The van der Waals surface area contributed by atoms with Crippen molar-refractivity contribution in [2.24, 2.45) is 11.8 Å². The van der Waals surface area contributed by atoms with Gasteiger partial charge in [-0.05, 0) is 0 Å². The van der Waals surface area contributed by atoms with Crippen LogP contribution in [0.3, 0.4) is 0 Å². The van der Waals surface area contributed by atoms with Crippen LogP contribution in [0.5, 0.6) is 0 Å². The first kappa shape index (κ1) is 22.2. The average molecular weight is 404 g/mol. The molecular formula is C15H23N4O5S2+. The number of rotatable bonds is 8. The van der Waals surface area contributed by atoms with E-state index in [2.05, 4.69) is 10.6 Å². The summed E-state index contributed by atoms with van der Waals surface area (Å²) in [6.07, 6.45) is 1.37. The van der Waals surface area contributed by atoms with Crippen molar-refractivity contribution in [3.8, 4) is 0 Å². The van der Waals surface area contributed by atoms with Crippen molar-refractivity contribution in [2.75, 3.05) is 28.9 Å². The molecule has 1 aromatic rings. The summed E-state index contributed by atoms with van der Waals surface area (Å²) in [4.78, 5) is 47.5. The van der Waals surface area contributed by atoms with Crippen molar-refractivity contribution in [3.05, 3.63) is 6.20 Å². The van der Waals surface area contributed by atoms with Gasteiger partial charge in [0.15, 0.2) is 10.2 Å². The van der Waals surface area contributed by atoms with Gasteiger partial charge in [-0.2, -0.15) is 0 Å². The molecule has 11 heteroatoms. The van der Waals surface area contributed by atoms with Crippen LogP contribution in [0, 0.1) is 11.8 Å². The Kier molecular flexibility index (Phi) is 8.79. The SMILES string of the molecule is CC(=O)SC[C@@H](C)C(=O)Nc1c[n+](N(C)C(=O)[C@H](C)CSC(C)=O)no1. The first-order valence-electron chi connectivity index (χ1n) is 7.86. The Labute approximate surface area is 160 Å². The van der Waals surface area contributed by atoms with Gasteiger partial charge in [0.25, 0.3) is 12.1 Å². The molecule has 0 bridgehead atoms. The summed E-state index contributed by atoms with van der Waals surface area (Å²) in [5.74, 6) is -0.543. The number of nitrogens with zero attached hydrogens (tertiary/aromatic N) is 3. The topological polar surface area (TPSA) is 113 Å². The van der Waals surface area contributed by atoms with Gasteiger partial charge in [0.05, 0.1) is 17.8 Å². The fourth-order valence-electron chi connectivity index (χ4n) is 1.73. The lowest BCUT2D eigenvalue weighted by Gasteiger charge is -2.11. The Morgan fingerprint density at radius 1 is 1.15 bits per heavy atom. The third kappa shape index (κ3) is 7.16. The maximum atomic E-state index is 12.3. The standard InChI is InChI=1S/C15H22N4O5S2/c1-9(7-25-11(3)20)14(22)16-13-6-19(17-24-13)18(5)15(23)10(2)8-26-12(4)21/h6,9-10H,7-8H2,1-5H3/p+1/t9-,10-/m1/s1. The van der Waals surface area contributed by atoms with Crippen molar-refractivity contribution >= 4 is 51.5 Å². The molecule has 0 fully saturated rings. The van der Waals surface area contributed by atoms with Gasteiger partial charge in [-0.3, -0.25) is 29.0 Å². The Morgan fingerprint density at radius 3 is 2.23 bits per heavy atom. The minimum Gasteiger partial charge on any atom is -0.289 e.